The fourth-order valence-corrected chi connectivity index (χ4v) is 12.4. The molecule has 2 heterocycles. The summed E-state index contributed by atoms with van der Waals surface area (Å²) in [6, 6.07) is 86.2. The number of nitrogens with zero attached hydrogens (tertiary/aromatic N) is 5. The summed E-state index contributed by atoms with van der Waals surface area (Å²) < 4.78 is 2.24. The highest BCUT2D eigenvalue weighted by molar-refractivity contribution is 6.11. The van der Waals surface area contributed by atoms with Gasteiger partial charge in [-0.1, -0.05) is 237 Å². The number of para-hydroxylation sites is 1. The van der Waals surface area contributed by atoms with Crippen molar-refractivity contribution < 1.29 is 0 Å². The van der Waals surface area contributed by atoms with Crippen molar-refractivity contribution in [3.63, 3.8) is 0 Å². The van der Waals surface area contributed by atoms with Gasteiger partial charge in [-0.3, -0.25) is 4.57 Å². The molecule has 0 radical (unpaired) electrons. The van der Waals surface area contributed by atoms with E-state index < -0.39 is 0 Å². The van der Waals surface area contributed by atoms with Gasteiger partial charge in [0.05, 0.1) is 28.1 Å². The standard InChI is InChI=1S/C76H57N5/c1-49-35-36-53-23-16-17-31-63(53)73(49)66-47-61(40-39-59(66)43-50(2)77-75(56-28-14-7-15-29-56)78-51(3)52-21-8-4-9-22-52)64-33-20-30-62-44-60-38-37-57(45-67(60)74(62)64)58-41-42-72-68(46-58)65-32-18-19-34-71(65)81(72)76-79-69(54-24-10-5-11-25-54)48-70(80-76)55-26-12-6-13-27-55/h4-42,45-48,60,67H,3,43-44H2,1-2H3. The predicted octanol–water partition coefficient (Wildman–Crippen LogP) is 18.7. The van der Waals surface area contributed by atoms with E-state index in [-0.39, 0.29) is 5.92 Å². The molecule has 0 spiro atoms. The molecule has 2 aliphatic carbocycles. The van der Waals surface area contributed by atoms with Crippen LogP contribution in [-0.4, -0.2) is 26.1 Å². The summed E-state index contributed by atoms with van der Waals surface area (Å²) in [7, 11) is 0. The van der Waals surface area contributed by atoms with E-state index in [1.54, 1.807) is 0 Å². The highest BCUT2D eigenvalue weighted by Gasteiger charge is 2.34. The Bertz CT molecular complexity index is 4490. The molecule has 0 aliphatic heterocycles. The highest BCUT2D eigenvalue weighted by Crippen LogP contribution is 2.49. The van der Waals surface area contributed by atoms with Crippen LogP contribution in [0.5, 0.6) is 0 Å². The molecule has 0 N–H and O–H groups in total. The molecular formula is C76H57N5. The van der Waals surface area contributed by atoms with E-state index in [1.165, 1.54) is 71.8 Å². The Labute approximate surface area is 473 Å². The lowest BCUT2D eigenvalue weighted by molar-refractivity contribution is 0.632. The fourth-order valence-electron chi connectivity index (χ4n) is 12.4. The van der Waals surface area contributed by atoms with Gasteiger partial charge in [-0.05, 0) is 128 Å². The zero-order valence-electron chi connectivity index (χ0n) is 45.3. The normalized spacial score (nSPS) is 15.0. The van der Waals surface area contributed by atoms with Crippen LogP contribution in [0.2, 0.25) is 0 Å². The van der Waals surface area contributed by atoms with Crippen molar-refractivity contribution in [3.05, 3.63) is 306 Å². The quantitative estimate of drug-likeness (QED) is 0.0957. The second kappa shape index (κ2) is 20.9. The van der Waals surface area contributed by atoms with E-state index in [2.05, 4.69) is 225 Å². The van der Waals surface area contributed by atoms with Crippen molar-refractivity contribution >= 4 is 55.4 Å². The van der Waals surface area contributed by atoms with Gasteiger partial charge in [-0.25, -0.2) is 20.0 Å². The molecule has 0 saturated carbocycles. The van der Waals surface area contributed by atoms with Gasteiger partial charge in [-0.2, -0.15) is 0 Å². The summed E-state index contributed by atoms with van der Waals surface area (Å²) in [5.41, 5.74) is 22.2. The Morgan fingerprint density at radius 1 is 0.543 bits per heavy atom. The van der Waals surface area contributed by atoms with Gasteiger partial charge < -0.3 is 0 Å². The maximum Gasteiger partial charge on any atom is 0.235 e. The molecule has 5 nitrogen and oxygen atoms in total. The van der Waals surface area contributed by atoms with Crippen LogP contribution in [-0.2, 0) is 12.8 Å². The van der Waals surface area contributed by atoms with Gasteiger partial charge in [0, 0.05) is 45.5 Å². The van der Waals surface area contributed by atoms with Gasteiger partial charge in [0.15, 0.2) is 5.84 Å². The molecule has 2 unspecified atom stereocenters. The zero-order chi connectivity index (χ0) is 54.4. The Morgan fingerprint density at radius 2 is 1.19 bits per heavy atom. The SMILES string of the molecule is C=C(N=C(N=C(C)Cc1ccc(-c2cccc3c2C2C=C(c4ccc5c(c4)c4ccccc4n5-c4nc(-c5ccccc5)cc(-c5ccccc5)n4)C=CC2C3)cc1-c1c(C)ccc2ccccc12)c1ccccc1)c1ccccc1. The average Bonchev–Trinajstić information content (AvgIpc) is 4.09. The minimum Gasteiger partial charge on any atom is -0.278 e. The number of fused-ring (bicyclic) bond motifs is 7. The molecule has 12 aromatic rings. The number of aryl methyl sites for hydroxylation is 1. The molecule has 5 heteroatoms. The number of hydrogen-bond donors (Lipinski definition) is 0. The Balaban J connectivity index is 0.853. The second-order valence-electron chi connectivity index (χ2n) is 21.5. The highest BCUT2D eigenvalue weighted by atomic mass is 15.2. The number of aromatic nitrogens is 3. The maximum absolute atomic E-state index is 5.29. The first-order valence-corrected chi connectivity index (χ1v) is 28.0. The van der Waals surface area contributed by atoms with E-state index in [9.17, 15) is 0 Å². The molecule has 2 aliphatic rings. The van der Waals surface area contributed by atoms with Crippen LogP contribution in [0.1, 0.15) is 51.8 Å². The summed E-state index contributed by atoms with van der Waals surface area (Å²) in [6.07, 6.45) is 9.00. The molecule has 81 heavy (non-hydrogen) atoms. The van der Waals surface area contributed by atoms with E-state index >= 15 is 0 Å². The van der Waals surface area contributed by atoms with E-state index in [4.69, 9.17) is 20.0 Å². The van der Waals surface area contributed by atoms with Crippen molar-refractivity contribution in [2.24, 2.45) is 15.9 Å². The van der Waals surface area contributed by atoms with Gasteiger partial charge >= 0.3 is 0 Å². The maximum atomic E-state index is 5.29. The number of amidine groups is 1. The van der Waals surface area contributed by atoms with Crippen LogP contribution in [0, 0.1) is 12.8 Å². The molecule has 0 saturated heterocycles. The summed E-state index contributed by atoms with van der Waals surface area (Å²) in [4.78, 5) is 20.9. The molecule has 2 aromatic heterocycles. The second-order valence-corrected chi connectivity index (χ2v) is 21.5. The van der Waals surface area contributed by atoms with Crippen LogP contribution in [0.3, 0.4) is 0 Å². The van der Waals surface area contributed by atoms with Gasteiger partial charge in [0.2, 0.25) is 5.95 Å². The molecule has 386 valence electrons. The number of allylic oxidation sites excluding steroid dienone is 4. The zero-order valence-corrected chi connectivity index (χ0v) is 45.3. The third-order valence-corrected chi connectivity index (χ3v) is 16.3. The first-order chi connectivity index (χ1) is 39.9. The van der Waals surface area contributed by atoms with Crippen molar-refractivity contribution in [2.45, 2.75) is 32.6 Å². The molecular weight excluding hydrogens is 983 g/mol. The smallest absolute Gasteiger partial charge is 0.235 e. The van der Waals surface area contributed by atoms with Crippen LogP contribution >= 0.6 is 0 Å². The number of hydrogen-bond acceptors (Lipinski definition) is 3. The van der Waals surface area contributed by atoms with E-state index in [0.29, 0.717) is 29.8 Å². The third-order valence-electron chi connectivity index (χ3n) is 16.3. The predicted molar refractivity (Wildman–Crippen MR) is 339 cm³/mol. The third kappa shape index (κ3) is 9.33. The minimum absolute atomic E-state index is 0.205. The van der Waals surface area contributed by atoms with Crippen molar-refractivity contribution in [1.82, 2.24) is 14.5 Å². The molecule has 2 atom stereocenters. The largest absolute Gasteiger partial charge is 0.278 e. The van der Waals surface area contributed by atoms with Crippen LogP contribution in [0.25, 0.3) is 94.6 Å². The lowest BCUT2D eigenvalue weighted by Crippen LogP contribution is -2.08. The lowest BCUT2D eigenvalue weighted by Gasteiger charge is -2.23. The molecule has 0 bridgehead atoms. The van der Waals surface area contributed by atoms with E-state index in [0.717, 1.165) is 62.2 Å². The van der Waals surface area contributed by atoms with Gasteiger partial charge in [0.25, 0.3) is 0 Å². The Kier molecular flexibility index (Phi) is 12.7. The van der Waals surface area contributed by atoms with Gasteiger partial charge in [0.1, 0.15) is 0 Å². The van der Waals surface area contributed by atoms with Crippen molar-refractivity contribution in [2.75, 3.05) is 0 Å². The van der Waals surface area contributed by atoms with Crippen LogP contribution in [0.4, 0.5) is 0 Å². The first-order valence-electron chi connectivity index (χ1n) is 28.0. The van der Waals surface area contributed by atoms with E-state index in [1.807, 2.05) is 60.7 Å². The van der Waals surface area contributed by atoms with Crippen LogP contribution < -0.4 is 0 Å². The molecule has 0 fully saturated rings. The Morgan fingerprint density at radius 3 is 1.93 bits per heavy atom. The number of benzene rings is 10. The monoisotopic (exact) mass is 1040 g/mol. The number of rotatable bonds is 11. The van der Waals surface area contributed by atoms with Crippen molar-refractivity contribution in [1.29, 1.82) is 0 Å². The van der Waals surface area contributed by atoms with Crippen LogP contribution in [0.15, 0.2) is 277 Å². The van der Waals surface area contributed by atoms with Gasteiger partial charge in [-0.15, -0.1) is 0 Å². The number of aliphatic imine (C=N–C) groups is 2. The molecule has 0 amide bonds. The molecule has 14 rings (SSSR count). The topological polar surface area (TPSA) is 55.4 Å². The minimum atomic E-state index is 0.205. The first kappa shape index (κ1) is 49.2. The lowest BCUT2D eigenvalue weighted by atomic mass is 9.81. The molecule has 10 aromatic carbocycles. The summed E-state index contributed by atoms with van der Waals surface area (Å²) in [5.74, 6) is 1.86. The Hall–Kier alpha value is -10.1. The summed E-state index contributed by atoms with van der Waals surface area (Å²) >= 11 is 0. The summed E-state index contributed by atoms with van der Waals surface area (Å²) in [6.45, 7) is 8.73. The average molecular weight is 1040 g/mol. The van der Waals surface area contributed by atoms with Crippen molar-refractivity contribution in [3.8, 4) is 50.7 Å². The fraction of sp³-hybridized carbons (Fsp3) is 0.0789. The summed E-state index contributed by atoms with van der Waals surface area (Å²) in [5, 5.41) is 4.79.